The smallest absolute Gasteiger partial charge is 0.269 e. The van der Waals surface area contributed by atoms with Gasteiger partial charge in [0.1, 0.15) is 0 Å². The predicted octanol–water partition coefficient (Wildman–Crippen LogP) is 2.63. The quantitative estimate of drug-likeness (QED) is 0.496. The summed E-state index contributed by atoms with van der Waals surface area (Å²) in [6.07, 6.45) is 5.18. The first kappa shape index (κ1) is 17.1. The van der Waals surface area contributed by atoms with Crippen molar-refractivity contribution >= 4 is 11.6 Å². The first-order valence-corrected chi connectivity index (χ1v) is 7.90. The average Bonchev–Trinajstić information content (AvgIpc) is 2.54. The maximum Gasteiger partial charge on any atom is 0.269 e. The van der Waals surface area contributed by atoms with Crippen molar-refractivity contribution in [1.82, 2.24) is 4.90 Å². The Morgan fingerprint density at radius 1 is 1.48 bits per heavy atom. The van der Waals surface area contributed by atoms with E-state index in [2.05, 4.69) is 6.58 Å². The van der Waals surface area contributed by atoms with Gasteiger partial charge in [0.25, 0.3) is 5.69 Å². The van der Waals surface area contributed by atoms with Crippen LogP contribution in [0.15, 0.2) is 36.9 Å². The highest BCUT2D eigenvalue weighted by Crippen LogP contribution is 2.26. The van der Waals surface area contributed by atoms with E-state index in [-0.39, 0.29) is 23.6 Å². The summed E-state index contributed by atoms with van der Waals surface area (Å²) in [4.78, 5) is 24.9. The maximum atomic E-state index is 12.7. The van der Waals surface area contributed by atoms with E-state index in [9.17, 15) is 14.9 Å². The monoisotopic (exact) mass is 317 g/mol. The number of nitrogens with zero attached hydrogens (tertiary/aromatic N) is 2. The number of non-ortho nitro benzene ring substituents is 1. The molecule has 1 fully saturated rings. The van der Waals surface area contributed by atoms with E-state index < -0.39 is 4.92 Å². The summed E-state index contributed by atoms with van der Waals surface area (Å²) in [6.45, 7) is 4.47. The van der Waals surface area contributed by atoms with E-state index in [1.165, 1.54) is 12.1 Å². The molecular formula is C17H23N3O3. The van der Waals surface area contributed by atoms with Crippen molar-refractivity contribution in [2.75, 3.05) is 6.54 Å². The van der Waals surface area contributed by atoms with Crippen molar-refractivity contribution in [3.63, 3.8) is 0 Å². The van der Waals surface area contributed by atoms with Gasteiger partial charge >= 0.3 is 0 Å². The van der Waals surface area contributed by atoms with Crippen molar-refractivity contribution in [1.29, 1.82) is 0 Å². The number of nitrogens with two attached hydrogens (primary N) is 1. The number of benzene rings is 1. The molecule has 124 valence electrons. The van der Waals surface area contributed by atoms with E-state index in [1.807, 2.05) is 0 Å². The Kier molecular flexibility index (Phi) is 5.87. The zero-order valence-electron chi connectivity index (χ0n) is 13.2. The lowest BCUT2D eigenvalue weighted by Crippen LogP contribution is -2.40. The number of nitro benzene ring substituents is 1. The Balaban J connectivity index is 2.11. The molecule has 0 aliphatic heterocycles. The molecule has 1 saturated carbocycles. The second-order valence-corrected chi connectivity index (χ2v) is 6.06. The second kappa shape index (κ2) is 7.87. The van der Waals surface area contributed by atoms with Crippen molar-refractivity contribution in [3.05, 3.63) is 52.6 Å². The minimum Gasteiger partial charge on any atom is -0.334 e. The molecule has 6 heteroatoms. The van der Waals surface area contributed by atoms with Gasteiger partial charge in [-0.25, -0.2) is 0 Å². The highest BCUT2D eigenvalue weighted by molar-refractivity contribution is 5.79. The van der Waals surface area contributed by atoms with Crippen LogP contribution in [0.1, 0.15) is 31.2 Å². The minimum atomic E-state index is -0.427. The summed E-state index contributed by atoms with van der Waals surface area (Å²) in [5, 5.41) is 10.9. The van der Waals surface area contributed by atoms with Gasteiger partial charge < -0.3 is 10.6 Å². The van der Waals surface area contributed by atoms with Crippen molar-refractivity contribution in [2.45, 2.75) is 38.3 Å². The molecule has 23 heavy (non-hydrogen) atoms. The van der Waals surface area contributed by atoms with Gasteiger partial charge in [0.15, 0.2) is 0 Å². The molecule has 1 aromatic rings. The number of hydrogen-bond acceptors (Lipinski definition) is 4. The molecule has 0 spiro atoms. The van der Waals surface area contributed by atoms with Gasteiger partial charge in [-0.05, 0) is 24.8 Å². The Morgan fingerprint density at radius 3 is 2.91 bits per heavy atom. The van der Waals surface area contributed by atoms with Gasteiger partial charge in [0.2, 0.25) is 5.91 Å². The van der Waals surface area contributed by atoms with E-state index in [1.54, 1.807) is 23.1 Å². The van der Waals surface area contributed by atoms with E-state index in [0.29, 0.717) is 19.5 Å². The third kappa shape index (κ3) is 4.63. The molecule has 6 nitrogen and oxygen atoms in total. The molecule has 0 radical (unpaired) electrons. The van der Waals surface area contributed by atoms with Crippen molar-refractivity contribution in [2.24, 2.45) is 11.7 Å². The Morgan fingerprint density at radius 2 is 2.26 bits per heavy atom. The molecule has 1 aliphatic carbocycles. The van der Waals surface area contributed by atoms with Crippen LogP contribution < -0.4 is 5.73 Å². The first-order valence-electron chi connectivity index (χ1n) is 7.90. The largest absolute Gasteiger partial charge is 0.334 e. The third-order valence-electron chi connectivity index (χ3n) is 4.22. The number of amides is 1. The van der Waals surface area contributed by atoms with Crippen LogP contribution in [0, 0.1) is 16.0 Å². The number of hydrogen-bond donors (Lipinski definition) is 1. The molecule has 0 bridgehead atoms. The third-order valence-corrected chi connectivity index (χ3v) is 4.22. The van der Waals surface area contributed by atoms with Crippen molar-refractivity contribution in [3.8, 4) is 0 Å². The fourth-order valence-electron chi connectivity index (χ4n) is 3.09. The van der Waals surface area contributed by atoms with Crippen molar-refractivity contribution < 1.29 is 9.72 Å². The molecule has 2 unspecified atom stereocenters. The van der Waals surface area contributed by atoms with Crippen LogP contribution >= 0.6 is 0 Å². The van der Waals surface area contributed by atoms with Gasteiger partial charge in [-0.1, -0.05) is 24.6 Å². The van der Waals surface area contributed by atoms with Crippen LogP contribution in [0.25, 0.3) is 0 Å². The summed E-state index contributed by atoms with van der Waals surface area (Å²) in [6, 6.07) is 6.48. The standard InChI is InChI=1S/C17H23N3O3/c1-2-9-19(17(21)14-6-4-7-15(18)11-14)12-13-5-3-8-16(10-13)20(22)23/h2-3,5,8,10,14-15H,1,4,6-7,9,11-12,18H2. The van der Waals surface area contributed by atoms with Crippen LogP contribution in [0.5, 0.6) is 0 Å². The van der Waals surface area contributed by atoms with Gasteiger partial charge in [-0.2, -0.15) is 0 Å². The van der Waals surface area contributed by atoms with Crippen LogP contribution in [0.3, 0.4) is 0 Å². The Labute approximate surface area is 136 Å². The zero-order chi connectivity index (χ0) is 16.8. The van der Waals surface area contributed by atoms with Gasteiger partial charge in [0, 0.05) is 37.2 Å². The SMILES string of the molecule is C=CCN(Cc1cccc([N+](=O)[O-])c1)C(=O)C1CCCC(N)C1. The van der Waals surface area contributed by atoms with Gasteiger partial charge in [-0.3, -0.25) is 14.9 Å². The second-order valence-electron chi connectivity index (χ2n) is 6.06. The summed E-state index contributed by atoms with van der Waals surface area (Å²) in [7, 11) is 0. The molecule has 2 atom stereocenters. The summed E-state index contributed by atoms with van der Waals surface area (Å²) in [5.74, 6) is 0.00366. The summed E-state index contributed by atoms with van der Waals surface area (Å²) < 4.78 is 0. The fraction of sp³-hybridized carbons (Fsp3) is 0.471. The fourth-order valence-corrected chi connectivity index (χ4v) is 3.09. The number of carbonyl (C=O) groups excluding carboxylic acids is 1. The van der Waals surface area contributed by atoms with E-state index >= 15 is 0 Å². The Hall–Kier alpha value is -2.21. The average molecular weight is 317 g/mol. The van der Waals surface area contributed by atoms with Crippen LogP contribution in [0.4, 0.5) is 5.69 Å². The van der Waals surface area contributed by atoms with Crippen LogP contribution in [-0.2, 0) is 11.3 Å². The van der Waals surface area contributed by atoms with Crippen LogP contribution in [-0.4, -0.2) is 28.3 Å². The lowest BCUT2D eigenvalue weighted by atomic mass is 9.85. The molecule has 0 heterocycles. The normalized spacial score (nSPS) is 20.7. The molecule has 1 amide bonds. The number of carbonyl (C=O) groups is 1. The van der Waals surface area contributed by atoms with E-state index in [4.69, 9.17) is 5.73 Å². The van der Waals surface area contributed by atoms with E-state index in [0.717, 1.165) is 24.8 Å². The summed E-state index contributed by atoms with van der Waals surface area (Å²) >= 11 is 0. The van der Waals surface area contributed by atoms with Crippen LogP contribution in [0.2, 0.25) is 0 Å². The molecule has 1 aromatic carbocycles. The minimum absolute atomic E-state index is 0.0354. The van der Waals surface area contributed by atoms with Gasteiger partial charge in [-0.15, -0.1) is 6.58 Å². The Bertz CT molecular complexity index is 588. The molecule has 1 aliphatic rings. The zero-order valence-corrected chi connectivity index (χ0v) is 13.2. The lowest BCUT2D eigenvalue weighted by Gasteiger charge is -2.31. The highest BCUT2D eigenvalue weighted by Gasteiger charge is 2.28. The topological polar surface area (TPSA) is 89.5 Å². The first-order chi connectivity index (χ1) is 11.0. The molecule has 0 aromatic heterocycles. The van der Waals surface area contributed by atoms with Gasteiger partial charge in [0.05, 0.1) is 4.92 Å². The highest BCUT2D eigenvalue weighted by atomic mass is 16.6. The number of nitro groups is 1. The molecular weight excluding hydrogens is 294 g/mol. The molecule has 2 N–H and O–H groups in total. The summed E-state index contributed by atoms with van der Waals surface area (Å²) in [5.41, 5.74) is 6.76. The number of rotatable bonds is 6. The molecule has 2 rings (SSSR count). The molecule has 0 saturated heterocycles. The lowest BCUT2D eigenvalue weighted by molar-refractivity contribution is -0.384. The maximum absolute atomic E-state index is 12.7. The predicted molar refractivity (Wildman–Crippen MR) is 88.6 cm³/mol.